The van der Waals surface area contributed by atoms with E-state index < -0.39 is 0 Å². The molecule has 1 amide bonds. The predicted octanol–water partition coefficient (Wildman–Crippen LogP) is 4.21. The number of amides is 1. The molecule has 0 atom stereocenters. The number of nitrogens with zero attached hydrogens (tertiary/aromatic N) is 3. The quantitative estimate of drug-likeness (QED) is 0.693. The lowest BCUT2D eigenvalue weighted by Gasteiger charge is -2.23. The van der Waals surface area contributed by atoms with Crippen LogP contribution < -0.4 is 4.74 Å². The molecule has 0 spiro atoms. The smallest absolute Gasteiger partial charge is 0.276 e. The summed E-state index contributed by atoms with van der Waals surface area (Å²) in [6, 6.07) is 9.43. The lowest BCUT2D eigenvalue weighted by atomic mass is 10.1. The minimum atomic E-state index is -0.0527. The number of hydrogen-bond donors (Lipinski definition) is 0. The number of pyridine rings is 1. The molecule has 0 N–H and O–H groups in total. The van der Waals surface area contributed by atoms with Crippen LogP contribution in [0.25, 0.3) is 10.8 Å². The number of carbonyl (C=O) groups is 1. The maximum atomic E-state index is 12.7. The monoisotopic (exact) mass is 365 g/mol. The molecule has 140 valence electrons. The molecule has 0 saturated carbocycles. The largest absolute Gasteiger partial charge is 0.485 e. The van der Waals surface area contributed by atoms with Gasteiger partial charge in [-0.2, -0.15) is 0 Å². The number of rotatable bonds is 4. The Morgan fingerprint density at radius 2 is 1.93 bits per heavy atom. The van der Waals surface area contributed by atoms with Gasteiger partial charge in [-0.25, -0.2) is 0 Å². The van der Waals surface area contributed by atoms with Crippen LogP contribution in [-0.2, 0) is 6.61 Å². The Bertz CT molecular complexity index is 908. The number of ether oxygens (including phenoxy) is 1. The van der Waals surface area contributed by atoms with E-state index in [0.29, 0.717) is 11.5 Å². The number of carbonyl (C=O) groups excluding carboxylic acids is 1. The van der Waals surface area contributed by atoms with Crippen LogP contribution in [0.2, 0.25) is 0 Å². The fraction of sp³-hybridized carbons (Fsp3) is 0.381. The lowest BCUT2D eigenvalue weighted by molar-refractivity contribution is 0.0731. The maximum Gasteiger partial charge on any atom is 0.276 e. The Morgan fingerprint density at radius 3 is 2.78 bits per heavy atom. The van der Waals surface area contributed by atoms with Crippen LogP contribution in [0.15, 0.2) is 47.2 Å². The van der Waals surface area contributed by atoms with Crippen molar-refractivity contribution in [2.24, 2.45) is 0 Å². The molecule has 1 saturated heterocycles. The van der Waals surface area contributed by atoms with E-state index in [4.69, 9.17) is 9.26 Å². The third-order valence-corrected chi connectivity index (χ3v) is 4.93. The van der Waals surface area contributed by atoms with Crippen molar-refractivity contribution in [3.05, 3.63) is 54.2 Å². The highest BCUT2D eigenvalue weighted by Gasteiger charge is 2.20. The summed E-state index contributed by atoms with van der Waals surface area (Å²) in [6.07, 6.45) is 9.27. The fourth-order valence-corrected chi connectivity index (χ4v) is 3.46. The Morgan fingerprint density at radius 1 is 1.11 bits per heavy atom. The van der Waals surface area contributed by atoms with E-state index in [1.165, 1.54) is 19.3 Å². The summed E-state index contributed by atoms with van der Waals surface area (Å²) in [5, 5.41) is 5.97. The third-order valence-electron chi connectivity index (χ3n) is 4.93. The van der Waals surface area contributed by atoms with Crippen molar-refractivity contribution in [1.29, 1.82) is 0 Å². The summed E-state index contributed by atoms with van der Waals surface area (Å²) in [5.41, 5.74) is 0.358. The second kappa shape index (κ2) is 8.20. The topological polar surface area (TPSA) is 68.5 Å². The zero-order valence-corrected chi connectivity index (χ0v) is 15.3. The van der Waals surface area contributed by atoms with Gasteiger partial charge in [0, 0.05) is 42.3 Å². The van der Waals surface area contributed by atoms with Gasteiger partial charge in [-0.1, -0.05) is 36.6 Å². The zero-order valence-electron chi connectivity index (χ0n) is 15.3. The molecule has 0 radical (unpaired) electrons. The van der Waals surface area contributed by atoms with Gasteiger partial charge in [-0.15, -0.1) is 0 Å². The van der Waals surface area contributed by atoms with Crippen LogP contribution in [0.3, 0.4) is 0 Å². The molecule has 1 fully saturated rings. The van der Waals surface area contributed by atoms with Crippen molar-refractivity contribution < 1.29 is 14.1 Å². The summed E-state index contributed by atoms with van der Waals surface area (Å²) in [7, 11) is 0. The Kier molecular flexibility index (Phi) is 5.32. The van der Waals surface area contributed by atoms with Crippen molar-refractivity contribution in [2.45, 2.75) is 38.7 Å². The van der Waals surface area contributed by atoms with E-state index >= 15 is 0 Å². The average Bonchev–Trinajstić information content (AvgIpc) is 3.15. The van der Waals surface area contributed by atoms with Gasteiger partial charge in [0.05, 0.1) is 0 Å². The van der Waals surface area contributed by atoms with E-state index in [1.807, 2.05) is 29.2 Å². The molecule has 1 aromatic carbocycles. The van der Waals surface area contributed by atoms with Gasteiger partial charge < -0.3 is 14.2 Å². The molecule has 1 aliphatic rings. The first-order valence-corrected chi connectivity index (χ1v) is 9.52. The average molecular weight is 365 g/mol. The Balaban J connectivity index is 1.42. The summed E-state index contributed by atoms with van der Waals surface area (Å²) in [4.78, 5) is 18.7. The SMILES string of the molecule is O=C(c1cc(COc2cccc3cnccc23)on1)N1CCCCCCC1. The number of likely N-dealkylation sites (tertiary alicyclic amines) is 1. The van der Waals surface area contributed by atoms with Gasteiger partial charge in [0.2, 0.25) is 0 Å². The summed E-state index contributed by atoms with van der Waals surface area (Å²) in [6.45, 7) is 1.81. The second-order valence-electron chi connectivity index (χ2n) is 6.88. The van der Waals surface area contributed by atoms with Gasteiger partial charge in [-0.3, -0.25) is 9.78 Å². The molecule has 0 unspecified atom stereocenters. The molecule has 0 bridgehead atoms. The first kappa shape index (κ1) is 17.5. The van der Waals surface area contributed by atoms with Crippen molar-refractivity contribution in [1.82, 2.24) is 15.0 Å². The van der Waals surface area contributed by atoms with Gasteiger partial charge in [0.25, 0.3) is 5.91 Å². The van der Waals surface area contributed by atoms with Crippen LogP contribution in [-0.4, -0.2) is 34.0 Å². The molecule has 1 aliphatic heterocycles. The third kappa shape index (κ3) is 4.10. The predicted molar refractivity (Wildman–Crippen MR) is 102 cm³/mol. The van der Waals surface area contributed by atoms with Crippen LogP contribution in [0, 0.1) is 0 Å². The van der Waals surface area contributed by atoms with Crippen molar-refractivity contribution >= 4 is 16.7 Å². The minimum absolute atomic E-state index is 0.0527. The Hall–Kier alpha value is -2.89. The maximum absolute atomic E-state index is 12.7. The molecule has 2 aromatic heterocycles. The van der Waals surface area contributed by atoms with Crippen LogP contribution in [0.4, 0.5) is 0 Å². The molecule has 3 aromatic rings. The van der Waals surface area contributed by atoms with Crippen LogP contribution in [0.1, 0.15) is 48.4 Å². The first-order valence-electron chi connectivity index (χ1n) is 9.52. The number of hydrogen-bond acceptors (Lipinski definition) is 5. The zero-order chi connectivity index (χ0) is 18.5. The second-order valence-corrected chi connectivity index (χ2v) is 6.88. The summed E-state index contributed by atoms with van der Waals surface area (Å²) in [5.74, 6) is 1.24. The molecule has 6 nitrogen and oxygen atoms in total. The van der Waals surface area contributed by atoms with E-state index in [0.717, 1.165) is 42.5 Å². The van der Waals surface area contributed by atoms with Crippen LogP contribution >= 0.6 is 0 Å². The molecular weight excluding hydrogens is 342 g/mol. The van der Waals surface area contributed by atoms with E-state index in [-0.39, 0.29) is 12.5 Å². The highest BCUT2D eigenvalue weighted by molar-refractivity contribution is 5.92. The molecule has 6 heteroatoms. The van der Waals surface area contributed by atoms with Gasteiger partial charge in [-0.05, 0) is 25.0 Å². The first-order chi connectivity index (χ1) is 13.3. The van der Waals surface area contributed by atoms with Crippen molar-refractivity contribution in [3.63, 3.8) is 0 Å². The van der Waals surface area contributed by atoms with E-state index in [9.17, 15) is 4.79 Å². The highest BCUT2D eigenvalue weighted by Crippen LogP contribution is 2.25. The standard InChI is InChI=1S/C21H23N3O3/c25-21(24-11-4-2-1-3-5-12-24)19-13-17(27-23-19)15-26-20-8-6-7-16-14-22-10-9-18(16)20/h6-10,13-14H,1-5,11-12,15H2. The minimum Gasteiger partial charge on any atom is -0.485 e. The number of aromatic nitrogens is 2. The van der Waals surface area contributed by atoms with Gasteiger partial charge >= 0.3 is 0 Å². The van der Waals surface area contributed by atoms with Crippen LogP contribution in [0.5, 0.6) is 5.75 Å². The van der Waals surface area contributed by atoms with Crippen molar-refractivity contribution in [2.75, 3.05) is 13.1 Å². The highest BCUT2D eigenvalue weighted by atomic mass is 16.5. The lowest BCUT2D eigenvalue weighted by Crippen LogP contribution is -2.34. The summed E-state index contributed by atoms with van der Waals surface area (Å²) < 4.78 is 11.2. The van der Waals surface area contributed by atoms with Crippen molar-refractivity contribution in [3.8, 4) is 5.75 Å². The summed E-state index contributed by atoms with van der Waals surface area (Å²) >= 11 is 0. The van der Waals surface area contributed by atoms with Gasteiger partial charge in [0.1, 0.15) is 12.4 Å². The normalized spacial score (nSPS) is 15.3. The molecule has 27 heavy (non-hydrogen) atoms. The molecular formula is C21H23N3O3. The molecule has 4 rings (SSSR count). The molecule has 3 heterocycles. The van der Waals surface area contributed by atoms with Gasteiger partial charge in [0.15, 0.2) is 11.5 Å². The van der Waals surface area contributed by atoms with E-state index in [1.54, 1.807) is 18.5 Å². The molecule has 0 aliphatic carbocycles. The fourth-order valence-electron chi connectivity index (χ4n) is 3.46. The Labute approximate surface area is 158 Å². The number of benzene rings is 1. The van der Waals surface area contributed by atoms with E-state index in [2.05, 4.69) is 10.1 Å². The number of fused-ring (bicyclic) bond motifs is 1.